The van der Waals surface area contributed by atoms with Crippen LogP contribution in [-0.2, 0) is 0 Å². The molecule has 1 heterocycles. The average Bonchev–Trinajstić information content (AvgIpc) is 3.19. The number of nitrogens with zero attached hydrogens (tertiary/aromatic N) is 4. The summed E-state index contributed by atoms with van der Waals surface area (Å²) in [6.45, 7) is 2.17. The molecule has 5 rings (SSSR count). The van der Waals surface area contributed by atoms with Crippen molar-refractivity contribution in [2.45, 2.75) is 25.2 Å². The average molecular weight is 445 g/mol. The van der Waals surface area contributed by atoms with Crippen LogP contribution in [0.5, 0.6) is 0 Å². The maximum absolute atomic E-state index is 5.01. The Bertz CT molecular complexity index is 1130. The van der Waals surface area contributed by atoms with Gasteiger partial charge in [0.05, 0.1) is 12.4 Å². The fraction of sp³-hybridized carbons (Fsp3) is 0.133. The molecule has 4 aromatic rings. The summed E-state index contributed by atoms with van der Waals surface area (Å²) in [7, 11) is 0. The van der Waals surface area contributed by atoms with Gasteiger partial charge in [0, 0.05) is 0 Å². The predicted octanol–water partition coefficient (Wildman–Crippen LogP) is 6.50. The van der Waals surface area contributed by atoms with E-state index in [2.05, 4.69) is 102 Å². The highest BCUT2D eigenvalue weighted by molar-refractivity contribution is 5.79. The van der Waals surface area contributed by atoms with Gasteiger partial charge in [0.2, 0.25) is 0 Å². The van der Waals surface area contributed by atoms with Crippen molar-refractivity contribution in [3.8, 4) is 0 Å². The van der Waals surface area contributed by atoms with E-state index in [1.165, 1.54) is 11.1 Å². The Morgan fingerprint density at radius 3 is 1.18 bits per heavy atom. The van der Waals surface area contributed by atoms with Crippen LogP contribution >= 0.6 is 0 Å². The third-order valence-electron chi connectivity index (χ3n) is 6.20. The first kappa shape index (κ1) is 21.7. The largest absolute Gasteiger partial charge is 0.263 e. The number of benzene rings is 4. The van der Waals surface area contributed by atoms with E-state index in [0.717, 1.165) is 11.1 Å². The second-order valence-electron chi connectivity index (χ2n) is 8.41. The van der Waals surface area contributed by atoms with Crippen molar-refractivity contribution >= 4 is 12.4 Å². The van der Waals surface area contributed by atoms with Crippen molar-refractivity contribution in [3.05, 3.63) is 144 Å². The Kier molecular flexibility index (Phi) is 6.48. The summed E-state index contributed by atoms with van der Waals surface area (Å²) >= 11 is 0. The van der Waals surface area contributed by atoms with Crippen molar-refractivity contribution in [2.24, 2.45) is 10.2 Å². The molecule has 4 heteroatoms. The molecule has 4 nitrogen and oxygen atoms in total. The molecule has 34 heavy (non-hydrogen) atoms. The molecule has 0 spiro atoms. The maximum atomic E-state index is 5.01. The molecule has 1 saturated heterocycles. The maximum Gasteiger partial charge on any atom is 0.133 e. The van der Waals surface area contributed by atoms with Gasteiger partial charge < -0.3 is 0 Å². The van der Waals surface area contributed by atoms with Gasteiger partial charge in [-0.15, -0.1) is 0 Å². The first-order valence-electron chi connectivity index (χ1n) is 11.7. The highest BCUT2D eigenvalue weighted by atomic mass is 15.7. The van der Waals surface area contributed by atoms with Crippen LogP contribution in [0.2, 0.25) is 0 Å². The van der Waals surface area contributed by atoms with Crippen LogP contribution in [-0.4, -0.2) is 28.6 Å². The van der Waals surface area contributed by atoms with Crippen LogP contribution in [0.25, 0.3) is 0 Å². The molecule has 2 atom stereocenters. The molecule has 1 aliphatic rings. The van der Waals surface area contributed by atoms with E-state index >= 15 is 0 Å². The number of hydrazone groups is 2. The van der Waals surface area contributed by atoms with E-state index in [4.69, 9.17) is 10.2 Å². The van der Waals surface area contributed by atoms with Crippen LogP contribution in [0, 0.1) is 0 Å². The zero-order valence-electron chi connectivity index (χ0n) is 19.2. The van der Waals surface area contributed by atoms with Crippen LogP contribution in [0.1, 0.15) is 41.3 Å². The Morgan fingerprint density at radius 1 is 0.500 bits per heavy atom. The molecule has 0 amide bonds. The Morgan fingerprint density at radius 2 is 0.824 bits per heavy atom. The van der Waals surface area contributed by atoms with Crippen molar-refractivity contribution < 1.29 is 0 Å². The zero-order valence-corrected chi connectivity index (χ0v) is 19.2. The minimum absolute atomic E-state index is 0.00601. The molecule has 2 unspecified atom stereocenters. The molecule has 4 aromatic carbocycles. The second-order valence-corrected chi connectivity index (χ2v) is 8.41. The molecule has 1 fully saturated rings. The van der Waals surface area contributed by atoms with Gasteiger partial charge in [-0.2, -0.15) is 10.2 Å². The van der Waals surface area contributed by atoms with Gasteiger partial charge in [-0.05, 0) is 29.2 Å². The third-order valence-corrected chi connectivity index (χ3v) is 6.20. The van der Waals surface area contributed by atoms with Gasteiger partial charge in [0.25, 0.3) is 0 Å². The van der Waals surface area contributed by atoms with E-state index in [9.17, 15) is 0 Å². The lowest BCUT2D eigenvalue weighted by Crippen LogP contribution is -2.31. The van der Waals surface area contributed by atoms with Gasteiger partial charge in [-0.3, -0.25) is 10.0 Å². The summed E-state index contributed by atoms with van der Waals surface area (Å²) in [5.41, 5.74) is 4.57. The molecule has 0 bridgehead atoms. The van der Waals surface area contributed by atoms with Gasteiger partial charge >= 0.3 is 0 Å². The summed E-state index contributed by atoms with van der Waals surface area (Å²) in [4.78, 5) is 0. The lowest BCUT2D eigenvalue weighted by atomic mass is 9.94. The standard InChI is InChI=1S/C30H28N4/c1-24-33(31-22-25-14-6-2-7-15-25)29(27-18-10-4-11-19-27)30(28-20-12-5-13-21-28)34(24)32-23-26-16-8-3-9-17-26/h2-24,29-30H,1H3/b31-22+,32-23+. The minimum Gasteiger partial charge on any atom is -0.263 e. The molecule has 168 valence electrons. The second kappa shape index (κ2) is 10.2. The van der Waals surface area contributed by atoms with Crippen molar-refractivity contribution in [3.63, 3.8) is 0 Å². The highest BCUT2D eigenvalue weighted by Crippen LogP contribution is 2.47. The van der Waals surface area contributed by atoms with Crippen LogP contribution in [0.4, 0.5) is 0 Å². The minimum atomic E-state index is -0.0460. The molecule has 0 N–H and O–H groups in total. The zero-order chi connectivity index (χ0) is 23.2. The molecule has 0 saturated carbocycles. The first-order valence-corrected chi connectivity index (χ1v) is 11.7. The summed E-state index contributed by atoms with van der Waals surface area (Å²) in [6.07, 6.45) is 3.84. The van der Waals surface area contributed by atoms with Crippen molar-refractivity contribution in [2.75, 3.05) is 0 Å². The van der Waals surface area contributed by atoms with Crippen molar-refractivity contribution in [1.82, 2.24) is 10.0 Å². The van der Waals surface area contributed by atoms with E-state index in [-0.39, 0.29) is 18.2 Å². The summed E-state index contributed by atoms with van der Waals surface area (Å²) in [5.74, 6) is 0. The predicted molar refractivity (Wildman–Crippen MR) is 140 cm³/mol. The smallest absolute Gasteiger partial charge is 0.133 e. The number of rotatable bonds is 6. The Balaban J connectivity index is 1.60. The Hall–Kier alpha value is -4.18. The SMILES string of the molecule is CC1N(/N=C/c2ccccc2)C(c2ccccc2)C(c2ccccc2)N1/N=C/c1ccccc1. The Labute approximate surface area is 201 Å². The van der Waals surface area contributed by atoms with Crippen LogP contribution in [0.3, 0.4) is 0 Å². The molecule has 1 aliphatic heterocycles. The lowest BCUT2D eigenvalue weighted by molar-refractivity contribution is 0.138. The van der Waals surface area contributed by atoms with E-state index in [1.54, 1.807) is 0 Å². The third kappa shape index (κ3) is 4.62. The summed E-state index contributed by atoms with van der Waals surface area (Å²) < 4.78 is 0. The van der Waals surface area contributed by atoms with Gasteiger partial charge in [-0.1, -0.05) is 121 Å². The van der Waals surface area contributed by atoms with E-state index in [0.29, 0.717) is 0 Å². The van der Waals surface area contributed by atoms with E-state index in [1.807, 2.05) is 48.8 Å². The lowest BCUT2D eigenvalue weighted by Gasteiger charge is -2.26. The van der Waals surface area contributed by atoms with Gasteiger partial charge in [-0.25, -0.2) is 0 Å². The van der Waals surface area contributed by atoms with E-state index < -0.39 is 0 Å². The first-order chi connectivity index (χ1) is 16.8. The summed E-state index contributed by atoms with van der Waals surface area (Å²) in [5, 5.41) is 14.4. The van der Waals surface area contributed by atoms with Gasteiger partial charge in [0.1, 0.15) is 18.2 Å². The normalized spacial score (nSPS) is 20.4. The fourth-order valence-corrected chi connectivity index (χ4v) is 4.53. The van der Waals surface area contributed by atoms with Crippen molar-refractivity contribution in [1.29, 1.82) is 0 Å². The number of hydrogen-bond acceptors (Lipinski definition) is 4. The topological polar surface area (TPSA) is 31.2 Å². The number of hydrogen-bond donors (Lipinski definition) is 0. The monoisotopic (exact) mass is 444 g/mol. The molecular weight excluding hydrogens is 416 g/mol. The fourth-order valence-electron chi connectivity index (χ4n) is 4.53. The quantitative estimate of drug-likeness (QED) is 0.318. The molecule has 0 aliphatic carbocycles. The van der Waals surface area contributed by atoms with Gasteiger partial charge in [0.15, 0.2) is 0 Å². The highest BCUT2D eigenvalue weighted by Gasteiger charge is 2.46. The molecule has 0 radical (unpaired) electrons. The van der Waals surface area contributed by atoms with Crippen LogP contribution < -0.4 is 0 Å². The summed E-state index contributed by atoms with van der Waals surface area (Å²) in [6, 6.07) is 41.7. The van der Waals surface area contributed by atoms with Crippen LogP contribution in [0.15, 0.2) is 132 Å². The molecule has 0 aromatic heterocycles. The molecular formula is C30H28N4.